The number of nitrogens with zero attached hydrogens (tertiary/aromatic N) is 3. The van der Waals surface area contributed by atoms with Crippen molar-refractivity contribution >= 4 is 21.7 Å². The monoisotopic (exact) mass is 306 g/mol. The average Bonchev–Trinajstić information content (AvgIpc) is 2.39. The highest BCUT2D eigenvalue weighted by Gasteiger charge is 2.07. The van der Waals surface area contributed by atoms with Gasteiger partial charge in [0.05, 0.1) is 0 Å². The number of anilines is 1. The normalized spacial score (nSPS) is 10.4. The van der Waals surface area contributed by atoms with Gasteiger partial charge in [-0.15, -0.1) is 0 Å². The van der Waals surface area contributed by atoms with Crippen LogP contribution in [-0.4, -0.2) is 22.0 Å². The van der Waals surface area contributed by atoms with Gasteiger partial charge in [-0.25, -0.2) is 9.97 Å². The number of nitrogens with one attached hydrogen (secondary N) is 1. The number of pyridine rings is 1. The summed E-state index contributed by atoms with van der Waals surface area (Å²) in [6.45, 7) is 2.14. The molecule has 0 spiro atoms. The molecule has 0 atom stereocenters. The van der Waals surface area contributed by atoms with Crippen molar-refractivity contribution in [1.82, 2.24) is 15.0 Å². The highest BCUT2D eigenvalue weighted by Crippen LogP contribution is 2.18. The van der Waals surface area contributed by atoms with Crippen molar-refractivity contribution in [3.05, 3.63) is 34.6 Å². The molecule has 94 valence electrons. The van der Waals surface area contributed by atoms with Gasteiger partial charge in [0.25, 0.3) is 0 Å². The summed E-state index contributed by atoms with van der Waals surface area (Å²) < 4.78 is 0.949. The maximum Gasteiger partial charge on any atom is 0.180 e. The van der Waals surface area contributed by atoms with E-state index >= 15 is 0 Å². The van der Waals surface area contributed by atoms with Crippen molar-refractivity contribution in [2.24, 2.45) is 0 Å². The van der Waals surface area contributed by atoms with Crippen LogP contribution in [0, 0.1) is 0 Å². The Morgan fingerprint density at radius 2 is 2.11 bits per heavy atom. The van der Waals surface area contributed by atoms with E-state index in [1.54, 1.807) is 6.20 Å². The van der Waals surface area contributed by atoms with Gasteiger partial charge in [-0.2, -0.15) is 0 Å². The quantitative estimate of drug-likeness (QED) is 0.941. The summed E-state index contributed by atoms with van der Waals surface area (Å²) in [5, 5.41) is 3.06. The van der Waals surface area contributed by atoms with Crippen LogP contribution >= 0.6 is 15.9 Å². The second kappa shape index (κ2) is 5.91. The molecule has 0 radical (unpaired) electrons. The van der Waals surface area contributed by atoms with Crippen molar-refractivity contribution in [3.63, 3.8) is 0 Å². The maximum absolute atomic E-state index is 4.54. The van der Waals surface area contributed by atoms with E-state index in [0.29, 0.717) is 5.82 Å². The summed E-state index contributed by atoms with van der Waals surface area (Å²) >= 11 is 3.37. The summed E-state index contributed by atoms with van der Waals surface area (Å²) in [5.41, 5.74) is 1.82. The number of aromatic nitrogens is 3. The number of hydrogen-bond donors (Lipinski definition) is 1. The fourth-order valence-electron chi connectivity index (χ4n) is 1.63. The van der Waals surface area contributed by atoms with Crippen LogP contribution in [0.2, 0.25) is 0 Å². The lowest BCUT2D eigenvalue weighted by Gasteiger charge is -2.06. The molecule has 0 aromatic carbocycles. The van der Waals surface area contributed by atoms with E-state index in [1.165, 1.54) is 0 Å². The Kier molecular flexibility index (Phi) is 4.25. The van der Waals surface area contributed by atoms with E-state index in [0.717, 1.165) is 34.5 Å². The Hall–Kier alpha value is -1.49. The Bertz CT molecular complexity index is 525. The molecule has 5 heteroatoms. The van der Waals surface area contributed by atoms with Gasteiger partial charge in [0.2, 0.25) is 0 Å². The molecule has 0 saturated heterocycles. The average molecular weight is 307 g/mol. The summed E-state index contributed by atoms with van der Waals surface area (Å²) in [4.78, 5) is 13.3. The second-order valence-corrected chi connectivity index (χ2v) is 4.85. The number of aryl methyl sites for hydroxylation is 1. The lowest BCUT2D eigenvalue weighted by atomic mass is 10.2. The fourth-order valence-corrected chi connectivity index (χ4v) is 1.87. The predicted molar refractivity (Wildman–Crippen MR) is 76.5 cm³/mol. The van der Waals surface area contributed by atoms with Crippen LogP contribution in [0.3, 0.4) is 0 Å². The lowest BCUT2D eigenvalue weighted by Crippen LogP contribution is -2.01. The zero-order valence-electron chi connectivity index (χ0n) is 10.4. The van der Waals surface area contributed by atoms with E-state index in [1.807, 2.05) is 25.2 Å². The number of hydrogen-bond acceptors (Lipinski definition) is 4. The molecule has 0 fully saturated rings. The minimum absolute atomic E-state index is 0.665. The van der Waals surface area contributed by atoms with E-state index in [2.05, 4.69) is 43.1 Å². The van der Waals surface area contributed by atoms with Crippen molar-refractivity contribution in [2.45, 2.75) is 19.8 Å². The first-order chi connectivity index (χ1) is 8.72. The molecular formula is C13H15BrN4. The second-order valence-electron chi connectivity index (χ2n) is 3.93. The molecule has 2 aromatic rings. The van der Waals surface area contributed by atoms with Crippen molar-refractivity contribution in [1.29, 1.82) is 0 Å². The molecule has 0 saturated carbocycles. The first kappa shape index (κ1) is 13.0. The smallest absolute Gasteiger partial charge is 0.180 e. The van der Waals surface area contributed by atoms with Crippen molar-refractivity contribution < 1.29 is 0 Å². The number of halogens is 1. The van der Waals surface area contributed by atoms with Crippen molar-refractivity contribution in [3.8, 4) is 11.5 Å². The van der Waals surface area contributed by atoms with E-state index in [4.69, 9.17) is 0 Å². The van der Waals surface area contributed by atoms with Crippen molar-refractivity contribution in [2.75, 3.05) is 12.4 Å². The molecule has 2 rings (SSSR count). The first-order valence-corrected chi connectivity index (χ1v) is 6.70. The third-order valence-electron chi connectivity index (χ3n) is 2.50. The summed E-state index contributed by atoms with van der Waals surface area (Å²) in [7, 11) is 1.86. The highest BCUT2D eigenvalue weighted by atomic mass is 79.9. The molecule has 0 aliphatic heterocycles. The molecule has 2 heterocycles. The Morgan fingerprint density at radius 3 is 2.72 bits per heavy atom. The SMILES string of the molecule is CCCc1cc(NC)nc(-c2ccc(Br)cn2)n1. The third-order valence-corrected chi connectivity index (χ3v) is 2.97. The Labute approximate surface area is 115 Å². The standard InChI is InChI=1S/C13H15BrN4/c1-3-4-10-7-12(15-2)18-13(17-10)11-6-5-9(14)8-16-11/h5-8H,3-4H2,1-2H3,(H,15,17,18). The molecule has 2 aromatic heterocycles. The molecular weight excluding hydrogens is 292 g/mol. The molecule has 0 aliphatic rings. The van der Waals surface area contributed by atoms with Crippen LogP contribution in [0.25, 0.3) is 11.5 Å². The Morgan fingerprint density at radius 1 is 1.28 bits per heavy atom. The van der Waals surface area contributed by atoms with E-state index in [9.17, 15) is 0 Å². The van der Waals surface area contributed by atoms with Crippen LogP contribution in [0.5, 0.6) is 0 Å². The molecule has 0 amide bonds. The minimum atomic E-state index is 0.665. The van der Waals surface area contributed by atoms with Crippen LogP contribution in [-0.2, 0) is 6.42 Å². The largest absolute Gasteiger partial charge is 0.373 e. The summed E-state index contributed by atoms with van der Waals surface area (Å²) in [5.74, 6) is 1.49. The molecule has 0 aliphatic carbocycles. The van der Waals surface area contributed by atoms with Gasteiger partial charge in [-0.05, 0) is 34.5 Å². The van der Waals surface area contributed by atoms with Gasteiger partial charge < -0.3 is 5.32 Å². The van der Waals surface area contributed by atoms with Gasteiger partial charge in [0.1, 0.15) is 11.5 Å². The van der Waals surface area contributed by atoms with Crippen LogP contribution in [0.15, 0.2) is 28.9 Å². The molecule has 1 N–H and O–H groups in total. The van der Waals surface area contributed by atoms with Gasteiger partial charge >= 0.3 is 0 Å². The van der Waals surface area contributed by atoms with Gasteiger partial charge in [-0.3, -0.25) is 4.98 Å². The Balaban J connectivity index is 2.42. The van der Waals surface area contributed by atoms with Gasteiger partial charge in [0.15, 0.2) is 5.82 Å². The topological polar surface area (TPSA) is 50.7 Å². The fraction of sp³-hybridized carbons (Fsp3) is 0.308. The maximum atomic E-state index is 4.54. The first-order valence-electron chi connectivity index (χ1n) is 5.90. The van der Waals surface area contributed by atoms with Gasteiger partial charge in [0, 0.05) is 29.5 Å². The van der Waals surface area contributed by atoms with Crippen LogP contribution < -0.4 is 5.32 Å². The summed E-state index contributed by atoms with van der Waals surface area (Å²) in [6, 6.07) is 5.83. The zero-order valence-corrected chi connectivity index (χ0v) is 12.0. The highest BCUT2D eigenvalue weighted by molar-refractivity contribution is 9.10. The molecule has 0 bridgehead atoms. The molecule has 4 nitrogen and oxygen atoms in total. The predicted octanol–water partition coefficient (Wildman–Crippen LogP) is 3.30. The summed E-state index contributed by atoms with van der Waals surface area (Å²) in [6.07, 6.45) is 3.76. The number of rotatable bonds is 4. The van der Waals surface area contributed by atoms with Gasteiger partial charge in [-0.1, -0.05) is 13.3 Å². The van der Waals surface area contributed by atoms with E-state index in [-0.39, 0.29) is 0 Å². The minimum Gasteiger partial charge on any atom is -0.373 e. The molecule has 18 heavy (non-hydrogen) atoms. The zero-order chi connectivity index (χ0) is 13.0. The molecule has 0 unspecified atom stereocenters. The van der Waals surface area contributed by atoms with Crippen LogP contribution in [0.4, 0.5) is 5.82 Å². The van der Waals surface area contributed by atoms with E-state index < -0.39 is 0 Å². The third kappa shape index (κ3) is 3.04. The van der Waals surface area contributed by atoms with Crippen LogP contribution in [0.1, 0.15) is 19.0 Å². The lowest BCUT2D eigenvalue weighted by molar-refractivity contribution is 0.874.